The molecule has 2 aromatic carbocycles. The molecule has 1 heterocycles. The van der Waals surface area contributed by atoms with Gasteiger partial charge in [-0.25, -0.2) is 4.39 Å². The van der Waals surface area contributed by atoms with Crippen LogP contribution in [-0.2, 0) is 6.54 Å². The zero-order valence-electron chi connectivity index (χ0n) is 13.5. The Bertz CT molecular complexity index is 865. The van der Waals surface area contributed by atoms with Crippen molar-refractivity contribution in [2.24, 2.45) is 0 Å². The zero-order chi connectivity index (χ0) is 17.6. The van der Waals surface area contributed by atoms with Gasteiger partial charge in [0.05, 0.1) is 6.20 Å². The van der Waals surface area contributed by atoms with E-state index in [0.29, 0.717) is 23.9 Å². The lowest BCUT2D eigenvalue weighted by Gasteiger charge is -2.08. The van der Waals surface area contributed by atoms with Crippen LogP contribution in [0.5, 0.6) is 0 Å². The second-order valence-corrected chi connectivity index (χ2v) is 5.40. The second-order valence-electron chi connectivity index (χ2n) is 5.40. The molecule has 126 valence electrons. The molecule has 0 spiro atoms. The van der Waals surface area contributed by atoms with Gasteiger partial charge in [0.1, 0.15) is 5.82 Å². The number of ketones is 1. The molecular formula is C18H16FN5O. The smallest absolute Gasteiger partial charge is 0.244 e. The molecule has 0 fully saturated rings. The Hall–Kier alpha value is -3.35. The summed E-state index contributed by atoms with van der Waals surface area (Å²) in [4.78, 5) is 15.6. The summed E-state index contributed by atoms with van der Waals surface area (Å²) in [5.74, 6) is 0.619. The fraction of sp³-hybridized carbons (Fsp3) is 0.111. The molecule has 6 nitrogen and oxygen atoms in total. The van der Waals surface area contributed by atoms with Gasteiger partial charge in [0.15, 0.2) is 11.6 Å². The van der Waals surface area contributed by atoms with Gasteiger partial charge in [0.2, 0.25) is 5.95 Å². The molecule has 0 aliphatic rings. The molecule has 3 rings (SSSR count). The maximum Gasteiger partial charge on any atom is 0.244 e. The van der Waals surface area contributed by atoms with E-state index in [4.69, 9.17) is 0 Å². The number of halogens is 1. The van der Waals surface area contributed by atoms with Gasteiger partial charge in [-0.1, -0.05) is 12.1 Å². The highest BCUT2D eigenvalue weighted by molar-refractivity contribution is 5.94. The number of hydrogen-bond donors (Lipinski definition) is 2. The summed E-state index contributed by atoms with van der Waals surface area (Å²) in [6.45, 7) is 1.98. The Morgan fingerprint density at radius 1 is 1.08 bits per heavy atom. The van der Waals surface area contributed by atoms with Gasteiger partial charge in [0.25, 0.3) is 0 Å². The first kappa shape index (κ1) is 16.5. The highest BCUT2D eigenvalue weighted by Gasteiger charge is 2.03. The molecule has 0 amide bonds. The molecular weight excluding hydrogens is 321 g/mol. The molecule has 0 atom stereocenters. The molecule has 0 aliphatic heterocycles. The molecule has 0 saturated heterocycles. The Labute approximate surface area is 144 Å². The molecule has 25 heavy (non-hydrogen) atoms. The Morgan fingerprint density at radius 2 is 1.80 bits per heavy atom. The third-order valence-corrected chi connectivity index (χ3v) is 3.49. The van der Waals surface area contributed by atoms with Gasteiger partial charge in [-0.2, -0.15) is 10.1 Å². The first-order chi connectivity index (χ1) is 12.1. The van der Waals surface area contributed by atoms with Crippen molar-refractivity contribution < 1.29 is 9.18 Å². The number of nitrogens with one attached hydrogen (secondary N) is 2. The normalized spacial score (nSPS) is 10.3. The Balaban J connectivity index is 1.64. The fourth-order valence-corrected chi connectivity index (χ4v) is 2.16. The minimum Gasteiger partial charge on any atom is -0.349 e. The Morgan fingerprint density at radius 3 is 2.48 bits per heavy atom. The highest BCUT2D eigenvalue weighted by Crippen LogP contribution is 2.16. The van der Waals surface area contributed by atoms with E-state index in [0.717, 1.165) is 11.3 Å². The third-order valence-electron chi connectivity index (χ3n) is 3.49. The van der Waals surface area contributed by atoms with Crippen molar-refractivity contribution in [3.05, 3.63) is 71.7 Å². The van der Waals surface area contributed by atoms with Crippen molar-refractivity contribution in [2.75, 3.05) is 10.6 Å². The number of anilines is 3. The minimum absolute atomic E-state index is 0.0162. The summed E-state index contributed by atoms with van der Waals surface area (Å²) >= 11 is 0. The molecule has 2 N–H and O–H groups in total. The van der Waals surface area contributed by atoms with Crippen LogP contribution < -0.4 is 10.6 Å². The quantitative estimate of drug-likeness (QED) is 0.670. The standard InChI is InChI=1S/C18H16FN5O/c1-12(25)14-4-8-16(9-5-14)22-17-11-21-24-18(23-17)20-10-13-2-6-15(19)7-3-13/h2-9,11H,10H2,1H3,(H2,20,22,23,24). The number of hydrogen-bond acceptors (Lipinski definition) is 6. The Kier molecular flexibility index (Phi) is 4.94. The average Bonchev–Trinajstić information content (AvgIpc) is 2.62. The van der Waals surface area contributed by atoms with Crippen molar-refractivity contribution in [3.8, 4) is 0 Å². The van der Waals surface area contributed by atoms with Gasteiger partial charge in [-0.15, -0.1) is 5.10 Å². The SMILES string of the molecule is CC(=O)c1ccc(Nc2cnnc(NCc3ccc(F)cc3)n2)cc1. The lowest BCUT2D eigenvalue weighted by atomic mass is 10.1. The van der Waals surface area contributed by atoms with E-state index in [2.05, 4.69) is 25.8 Å². The number of carbonyl (C=O) groups excluding carboxylic acids is 1. The number of nitrogens with zero attached hydrogens (tertiary/aromatic N) is 3. The summed E-state index contributed by atoms with van der Waals surface area (Å²) in [7, 11) is 0. The summed E-state index contributed by atoms with van der Waals surface area (Å²) in [6, 6.07) is 13.3. The van der Waals surface area contributed by atoms with Crippen molar-refractivity contribution in [1.82, 2.24) is 15.2 Å². The highest BCUT2D eigenvalue weighted by atomic mass is 19.1. The second kappa shape index (κ2) is 7.48. The maximum atomic E-state index is 12.9. The first-order valence-electron chi connectivity index (χ1n) is 7.66. The van der Waals surface area contributed by atoms with E-state index in [1.165, 1.54) is 25.3 Å². The van der Waals surface area contributed by atoms with Crippen LogP contribution in [0.3, 0.4) is 0 Å². The van der Waals surface area contributed by atoms with Gasteiger partial charge in [-0.3, -0.25) is 4.79 Å². The van der Waals surface area contributed by atoms with Crippen LogP contribution in [0.4, 0.5) is 21.8 Å². The fourth-order valence-electron chi connectivity index (χ4n) is 2.16. The van der Waals surface area contributed by atoms with Gasteiger partial charge >= 0.3 is 0 Å². The van der Waals surface area contributed by atoms with Crippen LogP contribution in [0, 0.1) is 5.82 Å². The number of carbonyl (C=O) groups is 1. The van der Waals surface area contributed by atoms with E-state index in [-0.39, 0.29) is 11.6 Å². The molecule has 0 radical (unpaired) electrons. The molecule has 0 aliphatic carbocycles. The first-order valence-corrected chi connectivity index (χ1v) is 7.66. The van der Waals surface area contributed by atoms with E-state index >= 15 is 0 Å². The van der Waals surface area contributed by atoms with Gasteiger partial charge < -0.3 is 10.6 Å². The van der Waals surface area contributed by atoms with Crippen molar-refractivity contribution >= 4 is 23.2 Å². The summed E-state index contributed by atoms with van der Waals surface area (Å²) in [5.41, 5.74) is 2.34. The van der Waals surface area contributed by atoms with Crippen LogP contribution in [0.15, 0.2) is 54.7 Å². The lowest BCUT2D eigenvalue weighted by molar-refractivity contribution is 0.101. The van der Waals surface area contributed by atoms with Gasteiger partial charge in [0, 0.05) is 17.8 Å². The van der Waals surface area contributed by atoms with Crippen LogP contribution in [-0.4, -0.2) is 21.0 Å². The van der Waals surface area contributed by atoms with Crippen molar-refractivity contribution in [1.29, 1.82) is 0 Å². The van der Waals surface area contributed by atoms with Crippen LogP contribution in [0.1, 0.15) is 22.8 Å². The van der Waals surface area contributed by atoms with Crippen LogP contribution >= 0.6 is 0 Å². The van der Waals surface area contributed by atoms with E-state index in [1.54, 1.807) is 36.4 Å². The molecule has 0 bridgehead atoms. The predicted molar refractivity (Wildman–Crippen MR) is 93.3 cm³/mol. The number of rotatable bonds is 6. The van der Waals surface area contributed by atoms with E-state index < -0.39 is 0 Å². The predicted octanol–water partition coefficient (Wildman–Crippen LogP) is 3.57. The molecule has 0 unspecified atom stereocenters. The zero-order valence-corrected chi connectivity index (χ0v) is 13.5. The van der Waals surface area contributed by atoms with E-state index in [9.17, 15) is 9.18 Å². The number of Topliss-reactive ketones (excluding diaryl/α,β-unsaturated/α-hetero) is 1. The van der Waals surface area contributed by atoms with Crippen molar-refractivity contribution in [3.63, 3.8) is 0 Å². The molecule has 3 aromatic rings. The lowest BCUT2D eigenvalue weighted by Crippen LogP contribution is -2.06. The van der Waals surface area contributed by atoms with E-state index in [1.807, 2.05) is 0 Å². The molecule has 7 heteroatoms. The summed E-state index contributed by atoms with van der Waals surface area (Å²) in [6.07, 6.45) is 1.50. The number of benzene rings is 2. The van der Waals surface area contributed by atoms with Crippen LogP contribution in [0.2, 0.25) is 0 Å². The van der Waals surface area contributed by atoms with Gasteiger partial charge in [-0.05, 0) is 48.9 Å². The maximum absolute atomic E-state index is 12.9. The molecule has 0 saturated carbocycles. The van der Waals surface area contributed by atoms with Crippen LogP contribution in [0.25, 0.3) is 0 Å². The number of aromatic nitrogens is 3. The van der Waals surface area contributed by atoms with Crippen molar-refractivity contribution in [2.45, 2.75) is 13.5 Å². The third kappa shape index (κ3) is 4.57. The monoisotopic (exact) mass is 337 g/mol. The average molecular weight is 337 g/mol. The summed E-state index contributed by atoms with van der Waals surface area (Å²) in [5, 5.41) is 14.0. The largest absolute Gasteiger partial charge is 0.349 e. The molecule has 1 aromatic heterocycles. The minimum atomic E-state index is -0.274. The topological polar surface area (TPSA) is 79.8 Å². The summed E-state index contributed by atoms with van der Waals surface area (Å²) < 4.78 is 12.9.